The van der Waals surface area contributed by atoms with Crippen LogP contribution < -0.4 is 5.32 Å². The smallest absolute Gasteiger partial charge is 0.253 e. The molecule has 0 aliphatic carbocycles. The molecule has 0 aromatic carbocycles. The van der Waals surface area contributed by atoms with Gasteiger partial charge < -0.3 is 10.2 Å². The van der Waals surface area contributed by atoms with Gasteiger partial charge in [0.15, 0.2) is 0 Å². The molecule has 3 rings (SSSR count). The van der Waals surface area contributed by atoms with Crippen molar-refractivity contribution in [2.75, 3.05) is 19.6 Å². The van der Waals surface area contributed by atoms with Crippen LogP contribution in [-0.4, -0.2) is 41.5 Å². The molecular weight excluding hydrogens is 238 g/mol. The third-order valence-electron chi connectivity index (χ3n) is 4.34. The van der Waals surface area contributed by atoms with Crippen LogP contribution in [-0.2, 0) is 0 Å². The van der Waals surface area contributed by atoms with Crippen molar-refractivity contribution >= 4 is 5.91 Å². The second-order valence-corrected chi connectivity index (χ2v) is 5.59. The second-order valence-electron chi connectivity index (χ2n) is 5.59. The molecule has 2 aliphatic rings. The molecule has 2 fully saturated rings. The summed E-state index contributed by atoms with van der Waals surface area (Å²) in [6.07, 6.45) is 8.29. The maximum absolute atomic E-state index is 12.4. The zero-order valence-electron chi connectivity index (χ0n) is 11.2. The molecule has 1 N–H and O–H groups in total. The zero-order valence-corrected chi connectivity index (χ0v) is 11.2. The average molecular weight is 259 g/mol. The first-order valence-electron chi connectivity index (χ1n) is 7.27. The Labute approximate surface area is 114 Å². The minimum atomic E-state index is 0.157. The third kappa shape index (κ3) is 2.78. The van der Waals surface area contributed by atoms with Gasteiger partial charge in [0.2, 0.25) is 0 Å². The van der Waals surface area contributed by atoms with Crippen molar-refractivity contribution < 1.29 is 4.79 Å². The Morgan fingerprint density at radius 1 is 1.26 bits per heavy atom. The van der Waals surface area contributed by atoms with E-state index in [2.05, 4.69) is 10.3 Å². The van der Waals surface area contributed by atoms with Gasteiger partial charge in [-0.05, 0) is 50.3 Å². The van der Waals surface area contributed by atoms with Gasteiger partial charge in [-0.15, -0.1) is 0 Å². The van der Waals surface area contributed by atoms with Gasteiger partial charge in [0.1, 0.15) is 0 Å². The van der Waals surface area contributed by atoms with Gasteiger partial charge >= 0.3 is 0 Å². The normalized spacial score (nSPS) is 27.5. The van der Waals surface area contributed by atoms with Gasteiger partial charge in [0, 0.05) is 37.1 Å². The van der Waals surface area contributed by atoms with Crippen LogP contribution in [0.4, 0.5) is 0 Å². The lowest BCUT2D eigenvalue weighted by Crippen LogP contribution is -2.45. The fourth-order valence-corrected chi connectivity index (χ4v) is 3.31. The van der Waals surface area contributed by atoms with E-state index >= 15 is 0 Å². The molecule has 4 heteroatoms. The summed E-state index contributed by atoms with van der Waals surface area (Å²) < 4.78 is 0. The van der Waals surface area contributed by atoms with Crippen LogP contribution in [0.25, 0.3) is 0 Å². The standard InChI is InChI=1S/C15H21N3O/c19-15(12-5-8-16-9-6-12)18-10-2-3-13(11-18)14-4-1-7-17-14/h5-6,8-9,13-14,17H,1-4,7,10-11H2. The summed E-state index contributed by atoms with van der Waals surface area (Å²) in [5, 5.41) is 3.58. The largest absolute Gasteiger partial charge is 0.338 e. The lowest BCUT2D eigenvalue weighted by atomic mass is 9.89. The Morgan fingerprint density at radius 3 is 2.84 bits per heavy atom. The number of likely N-dealkylation sites (tertiary alicyclic amines) is 1. The van der Waals surface area contributed by atoms with E-state index in [4.69, 9.17) is 0 Å². The Kier molecular flexibility index (Phi) is 3.78. The maximum Gasteiger partial charge on any atom is 0.253 e. The van der Waals surface area contributed by atoms with E-state index in [0.717, 1.165) is 31.6 Å². The molecule has 2 saturated heterocycles. The van der Waals surface area contributed by atoms with Crippen LogP contribution in [0.15, 0.2) is 24.5 Å². The number of piperidine rings is 1. The molecule has 2 aliphatic heterocycles. The Bertz CT molecular complexity index is 428. The van der Waals surface area contributed by atoms with E-state index < -0.39 is 0 Å². The molecule has 3 heterocycles. The van der Waals surface area contributed by atoms with Gasteiger partial charge in [-0.1, -0.05) is 0 Å². The summed E-state index contributed by atoms with van der Waals surface area (Å²) in [7, 11) is 0. The highest BCUT2D eigenvalue weighted by atomic mass is 16.2. The molecule has 102 valence electrons. The molecule has 1 aromatic rings. The van der Waals surface area contributed by atoms with Crippen molar-refractivity contribution in [1.29, 1.82) is 0 Å². The number of carbonyl (C=O) groups excluding carboxylic acids is 1. The van der Waals surface area contributed by atoms with Crippen LogP contribution in [0, 0.1) is 5.92 Å². The third-order valence-corrected chi connectivity index (χ3v) is 4.34. The minimum absolute atomic E-state index is 0.157. The Balaban J connectivity index is 1.66. The number of hydrogen-bond donors (Lipinski definition) is 1. The molecule has 0 saturated carbocycles. The minimum Gasteiger partial charge on any atom is -0.338 e. The quantitative estimate of drug-likeness (QED) is 0.879. The van der Waals surface area contributed by atoms with E-state index in [1.165, 1.54) is 19.3 Å². The summed E-state index contributed by atoms with van der Waals surface area (Å²) >= 11 is 0. The number of nitrogens with one attached hydrogen (secondary N) is 1. The van der Waals surface area contributed by atoms with E-state index in [-0.39, 0.29) is 5.91 Å². The molecule has 2 unspecified atom stereocenters. The summed E-state index contributed by atoms with van der Waals surface area (Å²) in [6, 6.07) is 4.23. The zero-order chi connectivity index (χ0) is 13.1. The second kappa shape index (κ2) is 5.70. The first kappa shape index (κ1) is 12.6. The van der Waals surface area contributed by atoms with Crippen LogP contribution in [0.5, 0.6) is 0 Å². The van der Waals surface area contributed by atoms with Crippen LogP contribution >= 0.6 is 0 Å². The lowest BCUT2D eigenvalue weighted by Gasteiger charge is -2.35. The number of carbonyl (C=O) groups is 1. The van der Waals surface area contributed by atoms with E-state index in [1.807, 2.05) is 4.90 Å². The number of aromatic nitrogens is 1. The van der Waals surface area contributed by atoms with Gasteiger partial charge in [0.25, 0.3) is 5.91 Å². The summed E-state index contributed by atoms with van der Waals surface area (Å²) in [4.78, 5) is 18.4. The van der Waals surface area contributed by atoms with E-state index in [0.29, 0.717) is 12.0 Å². The highest BCUT2D eigenvalue weighted by molar-refractivity contribution is 5.94. The molecule has 1 amide bonds. The molecule has 0 bridgehead atoms. The number of rotatable bonds is 2. The highest BCUT2D eigenvalue weighted by Crippen LogP contribution is 2.25. The molecule has 4 nitrogen and oxygen atoms in total. The summed E-state index contributed by atoms with van der Waals surface area (Å²) in [5.41, 5.74) is 0.759. The fourth-order valence-electron chi connectivity index (χ4n) is 3.31. The predicted octanol–water partition coefficient (Wildman–Crippen LogP) is 1.69. The fraction of sp³-hybridized carbons (Fsp3) is 0.600. The van der Waals surface area contributed by atoms with Crippen molar-refractivity contribution in [2.24, 2.45) is 5.92 Å². The van der Waals surface area contributed by atoms with E-state index in [9.17, 15) is 4.79 Å². The average Bonchev–Trinajstić information content (AvgIpc) is 3.02. The SMILES string of the molecule is O=C(c1ccncc1)N1CCCC(C2CCCN2)C1. The topological polar surface area (TPSA) is 45.2 Å². The van der Waals surface area contributed by atoms with Gasteiger partial charge in [-0.2, -0.15) is 0 Å². The van der Waals surface area contributed by atoms with Crippen molar-refractivity contribution in [1.82, 2.24) is 15.2 Å². The van der Waals surface area contributed by atoms with Crippen LogP contribution in [0.1, 0.15) is 36.0 Å². The Hall–Kier alpha value is -1.42. The number of amides is 1. The maximum atomic E-state index is 12.4. The van der Waals surface area contributed by atoms with Crippen molar-refractivity contribution in [3.63, 3.8) is 0 Å². The van der Waals surface area contributed by atoms with E-state index in [1.54, 1.807) is 24.5 Å². The lowest BCUT2D eigenvalue weighted by molar-refractivity contribution is 0.0651. The number of nitrogens with zero attached hydrogens (tertiary/aromatic N) is 2. The number of hydrogen-bond acceptors (Lipinski definition) is 3. The van der Waals surface area contributed by atoms with Crippen molar-refractivity contribution in [3.05, 3.63) is 30.1 Å². The first-order valence-corrected chi connectivity index (χ1v) is 7.27. The van der Waals surface area contributed by atoms with Crippen molar-refractivity contribution in [3.8, 4) is 0 Å². The number of pyridine rings is 1. The van der Waals surface area contributed by atoms with Crippen LogP contribution in [0.3, 0.4) is 0 Å². The molecule has 2 atom stereocenters. The van der Waals surface area contributed by atoms with Gasteiger partial charge in [-0.25, -0.2) is 0 Å². The molecular formula is C15H21N3O. The Morgan fingerprint density at radius 2 is 2.11 bits per heavy atom. The summed E-state index contributed by atoms with van der Waals surface area (Å²) in [5.74, 6) is 0.784. The van der Waals surface area contributed by atoms with Gasteiger partial charge in [0.05, 0.1) is 0 Å². The molecule has 1 aromatic heterocycles. The predicted molar refractivity (Wildman–Crippen MR) is 73.9 cm³/mol. The molecule has 19 heavy (non-hydrogen) atoms. The van der Waals surface area contributed by atoms with Crippen molar-refractivity contribution in [2.45, 2.75) is 31.7 Å². The molecule has 0 spiro atoms. The highest BCUT2D eigenvalue weighted by Gasteiger charge is 2.31. The summed E-state index contributed by atoms with van der Waals surface area (Å²) in [6.45, 7) is 2.93. The monoisotopic (exact) mass is 259 g/mol. The van der Waals surface area contributed by atoms with Gasteiger partial charge in [-0.3, -0.25) is 9.78 Å². The van der Waals surface area contributed by atoms with Crippen LogP contribution in [0.2, 0.25) is 0 Å². The first-order chi connectivity index (χ1) is 9.34. The molecule has 0 radical (unpaired) electrons.